The van der Waals surface area contributed by atoms with E-state index in [-0.39, 0.29) is 68.3 Å². The third-order valence-electron chi connectivity index (χ3n) is 14.7. The van der Waals surface area contributed by atoms with Crippen LogP contribution in [0, 0.1) is 48.2 Å². The topological polar surface area (TPSA) is 183 Å². The molecule has 11 nitrogen and oxygen atoms in total. The van der Waals surface area contributed by atoms with Crippen molar-refractivity contribution in [1.29, 1.82) is 0 Å². The maximum Gasteiger partial charge on any atom is 0.341 e. The van der Waals surface area contributed by atoms with Gasteiger partial charge in [0.1, 0.15) is 16.8 Å². The van der Waals surface area contributed by atoms with Gasteiger partial charge in [0.05, 0.1) is 27.7 Å². The van der Waals surface area contributed by atoms with Crippen LogP contribution in [0.25, 0.3) is 10.9 Å². The minimum absolute atomic E-state index is 0.00655. The first-order valence-corrected chi connectivity index (χ1v) is 20.9. The van der Waals surface area contributed by atoms with Gasteiger partial charge in [-0.05, 0) is 109 Å². The molecule has 1 saturated heterocycles. The Hall–Kier alpha value is -3.42. The number of allylic oxidation sites excluding steroid dienone is 4. The van der Waals surface area contributed by atoms with Gasteiger partial charge in [-0.3, -0.25) is 14.4 Å². The fourth-order valence-corrected chi connectivity index (χ4v) is 12.2. The molecule has 6 aliphatic rings. The number of carbonyl (C=O) groups excluding carboxylic acids is 2. The molecule has 1 aromatic carbocycles. The Morgan fingerprint density at radius 2 is 1.75 bits per heavy atom. The number of halogens is 2. The summed E-state index contributed by atoms with van der Waals surface area (Å²) in [6, 6.07) is -0.0106. The zero-order valence-electron chi connectivity index (χ0n) is 33.8. The van der Waals surface area contributed by atoms with Crippen molar-refractivity contribution in [2.75, 3.05) is 18.0 Å². The normalized spacial score (nSPS) is 33.8. The van der Waals surface area contributed by atoms with E-state index in [4.69, 9.17) is 17.3 Å². The quantitative estimate of drug-likeness (QED) is 0.237. The monoisotopic (exact) mass is 809 g/mol. The molecule has 13 heteroatoms. The van der Waals surface area contributed by atoms with Crippen LogP contribution in [-0.2, 0) is 9.59 Å². The molecular weight excluding hydrogens is 753 g/mol. The van der Waals surface area contributed by atoms with Crippen LogP contribution in [0.5, 0.6) is 0 Å². The number of aromatic carboxylic acids is 1. The molecule has 8 atom stereocenters. The van der Waals surface area contributed by atoms with Crippen molar-refractivity contribution in [3.8, 4) is 0 Å². The number of aromatic nitrogens is 1. The van der Waals surface area contributed by atoms with E-state index in [0.717, 1.165) is 50.5 Å². The molecule has 0 amide bonds. The number of aryl methyl sites for hydroxylation is 1. The fourth-order valence-electron chi connectivity index (χ4n) is 11.8. The maximum absolute atomic E-state index is 15.5. The Labute approximate surface area is 337 Å². The lowest BCUT2D eigenvalue weighted by molar-refractivity contribution is -0.187. The zero-order valence-corrected chi connectivity index (χ0v) is 34.6. The number of Topliss-reactive ketones (excluding diaryl/α,β-unsaturated/α-hetero) is 1. The van der Waals surface area contributed by atoms with E-state index in [2.05, 4.69) is 6.92 Å². The number of pyridine rings is 1. The number of rotatable bonds is 5. The van der Waals surface area contributed by atoms with Gasteiger partial charge >= 0.3 is 5.97 Å². The molecule has 1 aliphatic heterocycles. The van der Waals surface area contributed by atoms with E-state index in [1.54, 1.807) is 19.1 Å². The van der Waals surface area contributed by atoms with Crippen LogP contribution >= 0.6 is 11.6 Å². The highest BCUT2D eigenvalue weighted by atomic mass is 35.5. The van der Waals surface area contributed by atoms with Crippen LogP contribution in [0.3, 0.4) is 0 Å². The predicted octanol–water partition coefficient (Wildman–Crippen LogP) is 6.10. The van der Waals surface area contributed by atoms with Crippen LogP contribution in [0.1, 0.15) is 120 Å². The standard InChI is InChI=1S/C23H32O5.C21H25ClFN3O3/c1-20(2,27)19(26)23(28)10-8-16-15-6-5-13-11-14(24)7-9-21(13,3)18(15)17(25)12-22(16,23)4;1-10-14-18(26(13-6-7-13)11(2)15(20(14)27)21(28)29)16(22)19(17(10)23)25-8-4-3-5-12(24)9-25/h7,9,11,15-18,25,27-28H,5-6,8,10,12H2,1-4H3;12-13H,3-9,24H2,1-2H3,(H,28,29)/t15-,16-,17-,18+,21-,22-,23-;12-/m01/s1. The number of hydrogen-bond acceptors (Lipinski definition) is 9. The van der Waals surface area contributed by atoms with Crippen LogP contribution in [-0.4, -0.2) is 79.0 Å². The number of hydrogen-bond donors (Lipinski definition) is 5. The second kappa shape index (κ2) is 14.4. The Bertz CT molecular complexity index is 2170. The number of carboxylic acid groups (broad SMARTS) is 1. The van der Waals surface area contributed by atoms with Crippen LogP contribution in [0.15, 0.2) is 28.6 Å². The molecule has 4 saturated carbocycles. The van der Waals surface area contributed by atoms with E-state index in [0.29, 0.717) is 43.6 Å². The minimum Gasteiger partial charge on any atom is -0.477 e. The van der Waals surface area contributed by atoms with E-state index in [9.17, 15) is 39.6 Å². The van der Waals surface area contributed by atoms with Crippen molar-refractivity contribution in [1.82, 2.24) is 4.57 Å². The van der Waals surface area contributed by atoms with E-state index >= 15 is 4.39 Å². The van der Waals surface area contributed by atoms with Crippen molar-refractivity contribution in [2.45, 2.75) is 135 Å². The average Bonchev–Trinajstić information content (AvgIpc) is 3.95. The van der Waals surface area contributed by atoms with Gasteiger partial charge in [0, 0.05) is 53.2 Å². The third kappa shape index (κ3) is 6.53. The summed E-state index contributed by atoms with van der Waals surface area (Å²) in [7, 11) is 0. The summed E-state index contributed by atoms with van der Waals surface area (Å²) in [5, 5.41) is 42.9. The molecule has 0 unspecified atom stereocenters. The Balaban J connectivity index is 0.000000174. The fraction of sp³-hybridized carbons (Fsp3) is 0.636. The number of anilines is 1. The number of ketones is 2. The Morgan fingerprint density at radius 1 is 1.07 bits per heavy atom. The van der Waals surface area contributed by atoms with Crippen molar-refractivity contribution in [3.05, 3.63) is 61.7 Å². The van der Waals surface area contributed by atoms with Crippen molar-refractivity contribution in [2.24, 2.45) is 34.3 Å². The van der Waals surface area contributed by atoms with E-state index in [1.807, 2.05) is 22.5 Å². The summed E-state index contributed by atoms with van der Waals surface area (Å²) in [6.07, 6.45) is 12.1. The smallest absolute Gasteiger partial charge is 0.341 e. The average molecular weight is 810 g/mol. The summed E-state index contributed by atoms with van der Waals surface area (Å²) in [5.74, 6) is -2.18. The predicted molar refractivity (Wildman–Crippen MR) is 216 cm³/mol. The number of nitrogens with zero attached hydrogens (tertiary/aromatic N) is 2. The van der Waals surface area contributed by atoms with Crippen LogP contribution in [0.2, 0.25) is 5.02 Å². The Kier molecular flexibility index (Phi) is 10.5. The Morgan fingerprint density at radius 3 is 2.39 bits per heavy atom. The van der Waals surface area contributed by atoms with Gasteiger partial charge in [-0.2, -0.15) is 0 Å². The van der Waals surface area contributed by atoms with Crippen LogP contribution in [0.4, 0.5) is 10.1 Å². The lowest BCUT2D eigenvalue weighted by atomic mass is 9.46. The summed E-state index contributed by atoms with van der Waals surface area (Å²) in [4.78, 5) is 51.6. The number of carbonyl (C=O) groups is 3. The first-order chi connectivity index (χ1) is 26.6. The lowest BCUT2D eigenvalue weighted by Crippen LogP contribution is -2.63. The van der Waals surface area contributed by atoms with E-state index in [1.165, 1.54) is 20.8 Å². The number of fused-ring (bicyclic) bond motifs is 6. The molecule has 0 radical (unpaired) electrons. The first-order valence-electron chi connectivity index (χ1n) is 20.5. The summed E-state index contributed by atoms with van der Waals surface area (Å²) < 4.78 is 17.4. The number of carboxylic acids is 1. The lowest BCUT2D eigenvalue weighted by Gasteiger charge is -2.59. The molecule has 2 aromatic rings. The van der Waals surface area contributed by atoms with Gasteiger partial charge in [-0.25, -0.2) is 9.18 Å². The van der Waals surface area contributed by atoms with Crippen molar-refractivity contribution >= 4 is 45.7 Å². The van der Waals surface area contributed by atoms with Crippen molar-refractivity contribution in [3.63, 3.8) is 0 Å². The van der Waals surface area contributed by atoms with Crippen molar-refractivity contribution < 1.29 is 39.2 Å². The van der Waals surface area contributed by atoms with Gasteiger partial charge < -0.3 is 35.6 Å². The van der Waals surface area contributed by atoms with Gasteiger partial charge in [0.2, 0.25) is 5.43 Å². The van der Waals surface area contributed by atoms with Gasteiger partial charge in [-0.15, -0.1) is 0 Å². The van der Waals surface area contributed by atoms with E-state index < -0.39 is 45.7 Å². The summed E-state index contributed by atoms with van der Waals surface area (Å²) in [5.41, 5.74) is 3.11. The second-order valence-electron chi connectivity index (χ2n) is 18.7. The van der Waals surface area contributed by atoms with Gasteiger partial charge in [0.25, 0.3) is 0 Å². The highest BCUT2D eigenvalue weighted by Gasteiger charge is 2.69. The number of benzene rings is 1. The largest absolute Gasteiger partial charge is 0.477 e. The zero-order chi connectivity index (χ0) is 41.7. The highest BCUT2D eigenvalue weighted by molar-refractivity contribution is 6.38. The van der Waals surface area contributed by atoms with Crippen LogP contribution < -0.4 is 16.1 Å². The molecule has 6 N–H and O–H groups in total. The maximum atomic E-state index is 15.5. The molecule has 1 aromatic heterocycles. The second-order valence-corrected chi connectivity index (χ2v) is 19.1. The first kappa shape index (κ1) is 41.7. The molecular formula is C44H57ClFN3O8. The minimum atomic E-state index is -1.63. The molecule has 5 fully saturated rings. The molecule has 310 valence electrons. The van der Waals surface area contributed by atoms with Gasteiger partial charge in [-0.1, -0.05) is 43.5 Å². The molecule has 0 bridgehead atoms. The summed E-state index contributed by atoms with van der Waals surface area (Å²) >= 11 is 6.78. The number of aliphatic hydroxyl groups is 3. The molecule has 5 aliphatic carbocycles. The molecule has 57 heavy (non-hydrogen) atoms. The third-order valence-corrected chi connectivity index (χ3v) is 15.1. The number of nitrogens with two attached hydrogens (primary N) is 1. The highest BCUT2D eigenvalue weighted by Crippen LogP contribution is 2.67. The van der Waals surface area contributed by atoms with Gasteiger partial charge in [0.15, 0.2) is 17.4 Å². The molecule has 2 heterocycles. The molecule has 8 rings (SSSR count). The molecule has 0 spiro atoms. The summed E-state index contributed by atoms with van der Waals surface area (Å²) in [6.45, 7) is 11.1. The number of aliphatic hydroxyl groups excluding tert-OH is 1. The SMILES string of the molecule is CC(C)(O)C(=O)[C@@]1(O)CC[C@H]2[C@@H]3CCC4=CC(=O)C=C[C@]4(C)[C@H]3[C@@H](O)C[C@@]21C.Cc1c(F)c(N2CCCC[C@@H](N)C2)c(Cl)c2c1c(=O)c(C(=O)O)c(C)n2C1CC1.